The fourth-order valence-corrected chi connectivity index (χ4v) is 2.71. The van der Waals surface area contributed by atoms with E-state index >= 15 is 0 Å². The van der Waals surface area contributed by atoms with E-state index in [-0.39, 0.29) is 5.91 Å². The molecule has 7 heteroatoms. The molecule has 0 radical (unpaired) electrons. The Hall–Kier alpha value is -3.19. The predicted molar refractivity (Wildman–Crippen MR) is 104 cm³/mol. The van der Waals surface area contributed by atoms with Crippen LogP contribution in [0.3, 0.4) is 0 Å². The number of hydrogen-bond acceptors (Lipinski definition) is 5. The van der Waals surface area contributed by atoms with E-state index in [2.05, 4.69) is 20.7 Å². The van der Waals surface area contributed by atoms with E-state index in [1.165, 1.54) is 0 Å². The summed E-state index contributed by atoms with van der Waals surface area (Å²) in [6.07, 6.45) is 5.05. The third-order valence-corrected chi connectivity index (χ3v) is 4.38. The van der Waals surface area contributed by atoms with Crippen LogP contribution >= 0.6 is 0 Å². The van der Waals surface area contributed by atoms with Gasteiger partial charge in [-0.25, -0.2) is 4.98 Å². The van der Waals surface area contributed by atoms with E-state index in [1.54, 1.807) is 42.5 Å². The molecule has 0 aliphatic carbocycles. The van der Waals surface area contributed by atoms with Gasteiger partial charge in [-0.3, -0.25) is 9.48 Å². The molecule has 7 nitrogen and oxygen atoms in total. The molecule has 1 atom stereocenters. The van der Waals surface area contributed by atoms with E-state index < -0.39 is 6.04 Å². The molecule has 0 aliphatic heterocycles. The molecule has 0 saturated heterocycles. The number of rotatable bonds is 6. The maximum absolute atomic E-state index is 12.5. The first-order chi connectivity index (χ1) is 13.0. The number of anilines is 1. The lowest BCUT2D eigenvalue weighted by atomic mass is 10.1. The predicted octanol–water partition coefficient (Wildman–Crippen LogP) is 3.12. The van der Waals surface area contributed by atoms with Gasteiger partial charge < -0.3 is 15.4 Å². The number of nitrogens with one attached hydrogen (secondary N) is 2. The van der Waals surface area contributed by atoms with Gasteiger partial charge in [0, 0.05) is 24.9 Å². The molecule has 1 aromatic carbocycles. The monoisotopic (exact) mass is 365 g/mol. The fourth-order valence-electron chi connectivity index (χ4n) is 2.71. The number of aryl methyl sites for hydroxylation is 2. The standard InChI is InChI=1S/C20H23N5O2/c1-13-6-5-7-17(14(13)2)27-18-9-8-16(11-22-18)24-20(26)19(21-3)15-10-23-25(4)12-15/h5-12,19,21H,1-4H3,(H,24,26). The lowest BCUT2D eigenvalue weighted by molar-refractivity contribution is -0.118. The van der Waals surface area contributed by atoms with Gasteiger partial charge in [0.25, 0.3) is 0 Å². The first-order valence-corrected chi connectivity index (χ1v) is 8.64. The average molecular weight is 365 g/mol. The second kappa shape index (κ2) is 8.01. The topological polar surface area (TPSA) is 81.1 Å². The molecular weight excluding hydrogens is 342 g/mol. The first-order valence-electron chi connectivity index (χ1n) is 8.64. The summed E-state index contributed by atoms with van der Waals surface area (Å²) < 4.78 is 7.50. The third kappa shape index (κ3) is 4.32. The van der Waals surface area contributed by atoms with Crippen LogP contribution in [-0.4, -0.2) is 27.7 Å². The van der Waals surface area contributed by atoms with Gasteiger partial charge in [0.15, 0.2) is 0 Å². The van der Waals surface area contributed by atoms with Crippen molar-refractivity contribution in [3.05, 3.63) is 65.6 Å². The second-order valence-electron chi connectivity index (χ2n) is 6.34. The third-order valence-electron chi connectivity index (χ3n) is 4.38. The highest BCUT2D eigenvalue weighted by Gasteiger charge is 2.20. The number of carbonyl (C=O) groups is 1. The molecule has 0 fully saturated rings. The zero-order valence-corrected chi connectivity index (χ0v) is 15.9. The molecule has 2 N–H and O–H groups in total. The van der Waals surface area contributed by atoms with Gasteiger partial charge in [-0.15, -0.1) is 0 Å². The van der Waals surface area contributed by atoms with Crippen LogP contribution in [-0.2, 0) is 11.8 Å². The summed E-state index contributed by atoms with van der Waals surface area (Å²) in [5, 5.41) is 9.96. The molecular formula is C20H23N5O2. The van der Waals surface area contributed by atoms with Crippen molar-refractivity contribution in [1.82, 2.24) is 20.1 Å². The van der Waals surface area contributed by atoms with E-state index in [0.29, 0.717) is 11.6 Å². The Bertz CT molecular complexity index is 934. The van der Waals surface area contributed by atoms with Gasteiger partial charge in [-0.1, -0.05) is 12.1 Å². The summed E-state index contributed by atoms with van der Waals surface area (Å²) in [7, 11) is 3.54. The van der Waals surface area contributed by atoms with Crippen LogP contribution in [0, 0.1) is 13.8 Å². The summed E-state index contributed by atoms with van der Waals surface area (Å²) >= 11 is 0. The van der Waals surface area contributed by atoms with Crippen LogP contribution in [0.25, 0.3) is 0 Å². The molecule has 3 rings (SSSR count). The molecule has 27 heavy (non-hydrogen) atoms. The molecule has 0 bridgehead atoms. The van der Waals surface area contributed by atoms with Crippen molar-refractivity contribution in [2.24, 2.45) is 7.05 Å². The Labute approximate surface area is 158 Å². The zero-order valence-electron chi connectivity index (χ0n) is 15.9. The number of benzene rings is 1. The number of likely N-dealkylation sites (N-methyl/N-ethyl adjacent to an activating group) is 1. The van der Waals surface area contributed by atoms with Crippen molar-refractivity contribution < 1.29 is 9.53 Å². The van der Waals surface area contributed by atoms with E-state index in [1.807, 2.05) is 39.1 Å². The highest BCUT2D eigenvalue weighted by atomic mass is 16.5. The molecule has 3 aromatic rings. The summed E-state index contributed by atoms with van der Waals surface area (Å²) in [5.41, 5.74) is 3.62. The Balaban J connectivity index is 1.68. The largest absolute Gasteiger partial charge is 0.439 e. The SMILES string of the molecule is CNC(C(=O)Nc1ccc(Oc2cccc(C)c2C)nc1)c1cnn(C)c1. The quantitative estimate of drug-likeness (QED) is 0.701. The number of carbonyl (C=O) groups excluding carboxylic acids is 1. The van der Waals surface area contributed by atoms with Gasteiger partial charge in [0.2, 0.25) is 11.8 Å². The van der Waals surface area contributed by atoms with Gasteiger partial charge in [-0.2, -0.15) is 5.10 Å². The lowest BCUT2D eigenvalue weighted by Gasteiger charge is -2.15. The Morgan fingerprint density at radius 2 is 2.00 bits per heavy atom. The number of ether oxygens (including phenoxy) is 1. The van der Waals surface area contributed by atoms with Crippen LogP contribution in [0.1, 0.15) is 22.7 Å². The minimum Gasteiger partial charge on any atom is -0.439 e. The summed E-state index contributed by atoms with van der Waals surface area (Å²) in [6, 6.07) is 8.89. The zero-order chi connectivity index (χ0) is 19.4. The Morgan fingerprint density at radius 1 is 1.19 bits per heavy atom. The van der Waals surface area contributed by atoms with Gasteiger partial charge in [0.05, 0.1) is 18.1 Å². The molecule has 2 heterocycles. The molecule has 0 aliphatic rings. The summed E-state index contributed by atoms with van der Waals surface area (Å²) in [4.78, 5) is 16.8. The highest BCUT2D eigenvalue weighted by Crippen LogP contribution is 2.26. The van der Waals surface area contributed by atoms with Crippen LogP contribution < -0.4 is 15.4 Å². The Kier molecular flexibility index (Phi) is 5.52. The van der Waals surface area contributed by atoms with Crippen LogP contribution in [0.2, 0.25) is 0 Å². The van der Waals surface area contributed by atoms with Gasteiger partial charge >= 0.3 is 0 Å². The number of amides is 1. The maximum Gasteiger partial charge on any atom is 0.246 e. The van der Waals surface area contributed by atoms with E-state index in [9.17, 15) is 4.79 Å². The number of aromatic nitrogens is 3. The van der Waals surface area contributed by atoms with Crippen LogP contribution in [0.5, 0.6) is 11.6 Å². The Morgan fingerprint density at radius 3 is 2.63 bits per heavy atom. The van der Waals surface area contributed by atoms with Crippen molar-refractivity contribution in [3.63, 3.8) is 0 Å². The number of hydrogen-bond donors (Lipinski definition) is 2. The van der Waals surface area contributed by atoms with Crippen molar-refractivity contribution in [1.29, 1.82) is 0 Å². The molecule has 0 spiro atoms. The molecule has 1 unspecified atom stereocenters. The van der Waals surface area contributed by atoms with Crippen LogP contribution in [0.4, 0.5) is 5.69 Å². The minimum atomic E-state index is -0.496. The number of pyridine rings is 1. The number of nitrogens with zero attached hydrogens (tertiary/aromatic N) is 3. The molecule has 140 valence electrons. The molecule has 2 aromatic heterocycles. The van der Waals surface area contributed by atoms with Gasteiger partial charge in [0.1, 0.15) is 11.8 Å². The minimum absolute atomic E-state index is 0.185. The van der Waals surface area contributed by atoms with Crippen molar-refractivity contribution in [2.75, 3.05) is 12.4 Å². The average Bonchev–Trinajstić information content (AvgIpc) is 3.07. The highest BCUT2D eigenvalue weighted by molar-refractivity contribution is 5.95. The van der Waals surface area contributed by atoms with Crippen molar-refractivity contribution in [3.8, 4) is 11.6 Å². The second-order valence-corrected chi connectivity index (χ2v) is 6.34. The van der Waals surface area contributed by atoms with E-state index in [4.69, 9.17) is 4.74 Å². The van der Waals surface area contributed by atoms with E-state index in [0.717, 1.165) is 22.4 Å². The maximum atomic E-state index is 12.5. The summed E-state index contributed by atoms with van der Waals surface area (Å²) in [5.74, 6) is 1.06. The lowest BCUT2D eigenvalue weighted by Crippen LogP contribution is -2.30. The normalized spacial score (nSPS) is 11.9. The smallest absolute Gasteiger partial charge is 0.246 e. The van der Waals surface area contributed by atoms with Crippen LogP contribution in [0.15, 0.2) is 48.9 Å². The summed E-state index contributed by atoms with van der Waals surface area (Å²) in [6.45, 7) is 4.05. The first kappa shape index (κ1) is 18.6. The molecule has 1 amide bonds. The van der Waals surface area contributed by atoms with Crippen molar-refractivity contribution in [2.45, 2.75) is 19.9 Å². The van der Waals surface area contributed by atoms with Crippen molar-refractivity contribution >= 4 is 11.6 Å². The molecule has 0 saturated carbocycles. The fraction of sp³-hybridized carbons (Fsp3) is 0.250. The van der Waals surface area contributed by atoms with Gasteiger partial charge in [-0.05, 0) is 44.2 Å².